The van der Waals surface area contributed by atoms with E-state index in [0.717, 1.165) is 11.1 Å². The summed E-state index contributed by atoms with van der Waals surface area (Å²) in [4.78, 5) is 0. The van der Waals surface area contributed by atoms with Crippen molar-refractivity contribution in [1.82, 2.24) is 0 Å². The lowest BCUT2D eigenvalue weighted by Gasteiger charge is -2.25. The Bertz CT molecular complexity index is 871. The minimum atomic E-state index is -0.852. The van der Waals surface area contributed by atoms with Gasteiger partial charge in [0.1, 0.15) is 0 Å². The number of rotatable bonds is 14. The van der Waals surface area contributed by atoms with Crippen LogP contribution in [-0.4, -0.2) is 70.5 Å². The summed E-state index contributed by atoms with van der Waals surface area (Å²) in [6.45, 7) is -0.706. The number of hydrogen-bond donors (Lipinski definition) is 6. The molecular weight excluding hydrogens is 432 g/mol. The second-order valence-electron chi connectivity index (χ2n) is 7.90. The van der Waals surface area contributed by atoms with Gasteiger partial charge in [0, 0.05) is 6.61 Å². The Morgan fingerprint density at radius 3 is 2.15 bits per heavy atom. The Morgan fingerprint density at radius 1 is 0.848 bits per heavy atom. The molecule has 0 fully saturated rings. The van der Waals surface area contributed by atoms with Crippen molar-refractivity contribution in [3.63, 3.8) is 0 Å². The fraction of sp³-hybridized carbons (Fsp3) is 0.500. The van der Waals surface area contributed by atoms with Gasteiger partial charge in [-0.3, -0.25) is 0 Å². The molecule has 3 atom stereocenters. The van der Waals surface area contributed by atoms with E-state index < -0.39 is 19.0 Å². The third kappa shape index (κ3) is 7.68. The van der Waals surface area contributed by atoms with Crippen molar-refractivity contribution in [3.05, 3.63) is 41.5 Å². The summed E-state index contributed by atoms with van der Waals surface area (Å²) in [5.74, 6) is 0.112. The topological polar surface area (TPSA) is 149 Å². The molecule has 2 rings (SSSR count). The summed E-state index contributed by atoms with van der Waals surface area (Å²) in [7, 11) is 2.86. The van der Waals surface area contributed by atoms with E-state index in [2.05, 4.69) is 0 Å². The quantitative estimate of drug-likeness (QED) is 0.229. The number of aryl methyl sites for hydroxylation is 1. The molecule has 0 aliphatic carbocycles. The van der Waals surface area contributed by atoms with Crippen LogP contribution in [-0.2, 0) is 12.8 Å². The zero-order valence-electron chi connectivity index (χ0n) is 19.0. The zero-order valence-corrected chi connectivity index (χ0v) is 19.0. The lowest BCUT2D eigenvalue weighted by Crippen LogP contribution is -2.28. The largest absolute Gasteiger partial charge is 0.504 e. The molecule has 33 heavy (non-hydrogen) atoms. The van der Waals surface area contributed by atoms with E-state index in [0.29, 0.717) is 31.4 Å². The first-order chi connectivity index (χ1) is 15.8. The number of ether oxygens (including phenoxy) is 3. The van der Waals surface area contributed by atoms with Gasteiger partial charge in [-0.05, 0) is 73.4 Å². The Kier molecular flexibility index (Phi) is 10.5. The number of benzene rings is 2. The molecule has 0 spiro atoms. The Balaban J connectivity index is 2.00. The first kappa shape index (κ1) is 26.5. The van der Waals surface area contributed by atoms with Gasteiger partial charge in [0.05, 0.1) is 26.4 Å². The van der Waals surface area contributed by atoms with Crippen LogP contribution >= 0.6 is 0 Å². The van der Waals surface area contributed by atoms with Crippen LogP contribution in [0.1, 0.15) is 30.4 Å². The summed E-state index contributed by atoms with van der Waals surface area (Å²) < 4.78 is 15.2. The maximum atomic E-state index is 10.7. The fourth-order valence-corrected chi connectivity index (χ4v) is 3.79. The average Bonchev–Trinajstić information content (AvgIpc) is 2.80. The van der Waals surface area contributed by atoms with Crippen LogP contribution < -0.4 is 14.2 Å². The summed E-state index contributed by atoms with van der Waals surface area (Å²) in [5, 5.41) is 59.5. The molecule has 2 aromatic rings. The van der Waals surface area contributed by atoms with Crippen molar-refractivity contribution in [2.75, 3.05) is 27.6 Å². The molecule has 0 aliphatic rings. The molecule has 0 heterocycles. The van der Waals surface area contributed by atoms with Crippen molar-refractivity contribution >= 4 is 0 Å². The zero-order chi connectivity index (χ0) is 24.4. The van der Waals surface area contributed by atoms with Crippen LogP contribution in [0.3, 0.4) is 0 Å². The molecular formula is C24H34O9. The fourth-order valence-electron chi connectivity index (χ4n) is 3.79. The predicted octanol–water partition coefficient (Wildman–Crippen LogP) is 1.73. The minimum absolute atomic E-state index is 0.0225. The van der Waals surface area contributed by atoms with Gasteiger partial charge < -0.3 is 44.8 Å². The molecule has 2 aromatic carbocycles. The van der Waals surface area contributed by atoms with Crippen molar-refractivity contribution in [1.29, 1.82) is 0 Å². The third-order valence-corrected chi connectivity index (χ3v) is 5.61. The van der Waals surface area contributed by atoms with Gasteiger partial charge in [0.2, 0.25) is 5.75 Å². The first-order valence-corrected chi connectivity index (χ1v) is 10.8. The summed E-state index contributed by atoms with van der Waals surface area (Å²) in [6.07, 6.45) is 0.0204. The second kappa shape index (κ2) is 13.1. The predicted molar refractivity (Wildman–Crippen MR) is 121 cm³/mol. The summed E-state index contributed by atoms with van der Waals surface area (Å²) in [6, 6.07) is 8.12. The number of aliphatic hydroxyl groups is 4. The number of hydrogen-bond acceptors (Lipinski definition) is 9. The highest BCUT2D eigenvalue weighted by Gasteiger charge is 2.23. The van der Waals surface area contributed by atoms with Crippen LogP contribution in [0, 0.1) is 5.92 Å². The standard InChI is InChI=1S/C24H34O9/c1-31-21-10-15(4-6-19(21)28)9-17(7-8-25)20(29)13-18(27)5-3-16-11-22(32-2)24(30)23(12-16)33-14-26/h4,6,10-12,17-18,20,25-30H,3,5,7-9,13-14H2,1-2H3/t17-,18-,20+/m0/s1. The highest BCUT2D eigenvalue weighted by molar-refractivity contribution is 5.52. The van der Waals surface area contributed by atoms with Crippen LogP contribution in [0.2, 0.25) is 0 Å². The minimum Gasteiger partial charge on any atom is -0.504 e. The highest BCUT2D eigenvalue weighted by atomic mass is 16.6. The van der Waals surface area contributed by atoms with Gasteiger partial charge in [-0.1, -0.05) is 6.07 Å². The Morgan fingerprint density at radius 2 is 1.52 bits per heavy atom. The molecule has 0 unspecified atom stereocenters. The normalized spacial score (nSPS) is 13.9. The maximum absolute atomic E-state index is 10.7. The van der Waals surface area contributed by atoms with Crippen LogP contribution in [0.25, 0.3) is 0 Å². The van der Waals surface area contributed by atoms with Gasteiger partial charge in [0.15, 0.2) is 29.8 Å². The van der Waals surface area contributed by atoms with Crippen LogP contribution in [0.4, 0.5) is 0 Å². The average molecular weight is 467 g/mol. The van der Waals surface area contributed by atoms with E-state index in [-0.39, 0.29) is 41.9 Å². The van der Waals surface area contributed by atoms with Crippen molar-refractivity contribution < 1.29 is 44.8 Å². The molecule has 0 amide bonds. The van der Waals surface area contributed by atoms with Crippen LogP contribution in [0.15, 0.2) is 30.3 Å². The van der Waals surface area contributed by atoms with E-state index in [1.54, 1.807) is 24.3 Å². The Hall–Kier alpha value is -2.72. The van der Waals surface area contributed by atoms with E-state index >= 15 is 0 Å². The van der Waals surface area contributed by atoms with Gasteiger partial charge >= 0.3 is 0 Å². The van der Waals surface area contributed by atoms with Crippen molar-refractivity contribution in [2.24, 2.45) is 5.92 Å². The van der Waals surface area contributed by atoms with Crippen molar-refractivity contribution in [3.8, 4) is 28.7 Å². The molecule has 9 heteroatoms. The number of methoxy groups -OCH3 is 2. The van der Waals surface area contributed by atoms with E-state index in [1.165, 1.54) is 20.3 Å². The lowest BCUT2D eigenvalue weighted by atomic mass is 9.87. The van der Waals surface area contributed by atoms with Gasteiger partial charge in [-0.15, -0.1) is 0 Å². The lowest BCUT2D eigenvalue weighted by molar-refractivity contribution is 0.0320. The Labute approximate surface area is 193 Å². The molecule has 9 nitrogen and oxygen atoms in total. The van der Waals surface area contributed by atoms with E-state index in [9.17, 15) is 25.5 Å². The maximum Gasteiger partial charge on any atom is 0.200 e. The number of aromatic hydroxyl groups is 2. The van der Waals surface area contributed by atoms with Crippen LogP contribution in [0.5, 0.6) is 28.7 Å². The summed E-state index contributed by atoms with van der Waals surface area (Å²) in [5.41, 5.74) is 1.56. The monoisotopic (exact) mass is 466 g/mol. The molecule has 184 valence electrons. The smallest absolute Gasteiger partial charge is 0.200 e. The van der Waals surface area contributed by atoms with Gasteiger partial charge in [0.25, 0.3) is 0 Å². The number of phenolic OH excluding ortho intramolecular Hbond substituents is 2. The molecule has 0 aliphatic heterocycles. The molecule has 0 saturated carbocycles. The van der Waals surface area contributed by atoms with Crippen molar-refractivity contribution in [2.45, 2.75) is 44.3 Å². The van der Waals surface area contributed by atoms with E-state index in [1.807, 2.05) is 0 Å². The molecule has 0 aromatic heterocycles. The molecule has 0 radical (unpaired) electrons. The highest BCUT2D eigenvalue weighted by Crippen LogP contribution is 2.38. The van der Waals surface area contributed by atoms with Gasteiger partial charge in [-0.2, -0.15) is 0 Å². The molecule has 0 saturated heterocycles. The molecule has 6 N–H and O–H groups in total. The van der Waals surface area contributed by atoms with E-state index in [4.69, 9.17) is 19.3 Å². The second-order valence-corrected chi connectivity index (χ2v) is 7.90. The summed E-state index contributed by atoms with van der Waals surface area (Å²) >= 11 is 0. The number of phenols is 2. The first-order valence-electron chi connectivity index (χ1n) is 10.8. The third-order valence-electron chi connectivity index (χ3n) is 5.61. The van der Waals surface area contributed by atoms with Gasteiger partial charge in [-0.25, -0.2) is 0 Å². The number of aliphatic hydroxyl groups excluding tert-OH is 4. The SMILES string of the molecule is COc1cc(C[C@H](CCO)[C@H](O)C[C@@H](O)CCc2cc(OC)c(O)c(OCO)c2)ccc1O. The molecule has 0 bridgehead atoms.